The standard InChI is InChI=1S/C21H25N5O3/c1-14(16-5-3-2-4-6-16)23-21(28)25-19-9-17-10-22-26(11-15-7-8-29-13-15)20(17)18(12-27)24-19/h2-6,9-10,14-15,27H,7-8,11-13H2,1H3,(H2,23,24,25,28)/t14-,15?/m1/s1. The number of nitrogens with zero attached hydrogens (tertiary/aromatic N) is 3. The number of amides is 2. The van der Waals surface area contributed by atoms with Crippen LogP contribution in [0, 0.1) is 5.92 Å². The molecule has 0 saturated carbocycles. The zero-order chi connectivity index (χ0) is 20.2. The van der Waals surface area contributed by atoms with Crippen LogP contribution in [0.4, 0.5) is 10.6 Å². The zero-order valence-electron chi connectivity index (χ0n) is 16.3. The lowest BCUT2D eigenvalue weighted by atomic mass is 10.1. The zero-order valence-corrected chi connectivity index (χ0v) is 16.3. The second-order valence-corrected chi connectivity index (χ2v) is 7.34. The average Bonchev–Trinajstić information content (AvgIpc) is 3.38. The van der Waals surface area contributed by atoms with Crippen molar-refractivity contribution in [1.29, 1.82) is 0 Å². The molecule has 2 amide bonds. The van der Waals surface area contributed by atoms with Crippen molar-refractivity contribution in [2.24, 2.45) is 5.92 Å². The number of hydrogen-bond acceptors (Lipinski definition) is 5. The number of carbonyl (C=O) groups is 1. The fourth-order valence-corrected chi connectivity index (χ4v) is 3.66. The third kappa shape index (κ3) is 4.38. The predicted octanol–water partition coefficient (Wildman–Crippen LogP) is 2.84. The van der Waals surface area contributed by atoms with Gasteiger partial charge in [-0.2, -0.15) is 5.10 Å². The van der Waals surface area contributed by atoms with E-state index in [0.29, 0.717) is 17.4 Å². The van der Waals surface area contributed by atoms with Gasteiger partial charge in [-0.25, -0.2) is 9.78 Å². The average molecular weight is 395 g/mol. The SMILES string of the molecule is C[C@@H](NC(=O)Nc1cc2cnn(CC3CCOC3)c2c(CO)n1)c1ccccc1. The van der Waals surface area contributed by atoms with Gasteiger partial charge in [-0.15, -0.1) is 0 Å². The Morgan fingerprint density at radius 3 is 2.93 bits per heavy atom. The quantitative estimate of drug-likeness (QED) is 0.596. The molecule has 29 heavy (non-hydrogen) atoms. The molecule has 1 fully saturated rings. The molecule has 1 aromatic carbocycles. The van der Waals surface area contributed by atoms with Crippen LogP contribution < -0.4 is 10.6 Å². The molecule has 8 heteroatoms. The summed E-state index contributed by atoms with van der Waals surface area (Å²) < 4.78 is 7.31. The molecule has 3 N–H and O–H groups in total. The van der Waals surface area contributed by atoms with Crippen molar-refractivity contribution in [3.8, 4) is 0 Å². The summed E-state index contributed by atoms with van der Waals surface area (Å²) in [5.74, 6) is 0.788. The molecule has 1 unspecified atom stereocenters. The van der Waals surface area contributed by atoms with Gasteiger partial charge >= 0.3 is 6.03 Å². The number of urea groups is 1. The summed E-state index contributed by atoms with van der Waals surface area (Å²) in [6, 6.07) is 11.0. The van der Waals surface area contributed by atoms with E-state index in [1.165, 1.54) is 0 Å². The monoisotopic (exact) mass is 395 g/mol. The first-order valence-corrected chi connectivity index (χ1v) is 9.80. The van der Waals surface area contributed by atoms with Crippen molar-refractivity contribution < 1.29 is 14.6 Å². The lowest BCUT2D eigenvalue weighted by Gasteiger charge is -2.15. The Labute approximate surface area is 168 Å². The number of ether oxygens (including phenoxy) is 1. The van der Waals surface area contributed by atoms with Crippen molar-refractivity contribution >= 4 is 22.8 Å². The van der Waals surface area contributed by atoms with E-state index >= 15 is 0 Å². The molecule has 0 radical (unpaired) electrons. The van der Waals surface area contributed by atoms with Crippen LogP contribution in [0.1, 0.15) is 30.6 Å². The van der Waals surface area contributed by atoms with Crippen LogP contribution in [0.15, 0.2) is 42.6 Å². The molecule has 152 valence electrons. The maximum atomic E-state index is 12.4. The molecule has 1 aliphatic heterocycles. The van der Waals surface area contributed by atoms with Crippen molar-refractivity contribution in [3.05, 3.63) is 53.9 Å². The van der Waals surface area contributed by atoms with E-state index in [0.717, 1.165) is 42.6 Å². The molecule has 1 saturated heterocycles. The van der Waals surface area contributed by atoms with Gasteiger partial charge in [0.05, 0.1) is 36.7 Å². The number of anilines is 1. The van der Waals surface area contributed by atoms with E-state index in [9.17, 15) is 9.90 Å². The van der Waals surface area contributed by atoms with E-state index < -0.39 is 0 Å². The van der Waals surface area contributed by atoms with Gasteiger partial charge in [-0.05, 0) is 25.0 Å². The molecular formula is C21H25N5O3. The highest BCUT2D eigenvalue weighted by molar-refractivity contribution is 5.92. The minimum absolute atomic E-state index is 0.145. The van der Waals surface area contributed by atoms with Gasteiger partial charge in [0.1, 0.15) is 5.82 Å². The number of pyridine rings is 1. The largest absolute Gasteiger partial charge is 0.390 e. The highest BCUT2D eigenvalue weighted by Crippen LogP contribution is 2.24. The third-order valence-corrected chi connectivity index (χ3v) is 5.18. The van der Waals surface area contributed by atoms with Gasteiger partial charge in [0.25, 0.3) is 0 Å². The fourth-order valence-electron chi connectivity index (χ4n) is 3.66. The summed E-state index contributed by atoms with van der Waals surface area (Å²) in [4.78, 5) is 16.8. The number of benzene rings is 1. The van der Waals surface area contributed by atoms with Gasteiger partial charge in [0.15, 0.2) is 0 Å². The van der Waals surface area contributed by atoms with Crippen LogP contribution in [0.25, 0.3) is 10.9 Å². The molecule has 2 atom stereocenters. The molecule has 8 nitrogen and oxygen atoms in total. The molecule has 3 aromatic rings. The number of carbonyl (C=O) groups excluding carboxylic acids is 1. The molecule has 3 heterocycles. The van der Waals surface area contributed by atoms with E-state index in [1.807, 2.05) is 41.9 Å². The van der Waals surface area contributed by atoms with Crippen LogP contribution in [-0.2, 0) is 17.9 Å². The van der Waals surface area contributed by atoms with Gasteiger partial charge < -0.3 is 15.2 Å². The van der Waals surface area contributed by atoms with Gasteiger partial charge in [0.2, 0.25) is 0 Å². The molecule has 0 spiro atoms. The van der Waals surface area contributed by atoms with Crippen LogP contribution in [0.3, 0.4) is 0 Å². The normalized spacial score (nSPS) is 17.4. The van der Waals surface area contributed by atoms with Crippen molar-refractivity contribution in [1.82, 2.24) is 20.1 Å². The van der Waals surface area contributed by atoms with Crippen LogP contribution >= 0.6 is 0 Å². The van der Waals surface area contributed by atoms with Gasteiger partial charge in [0, 0.05) is 24.5 Å². The predicted molar refractivity (Wildman–Crippen MR) is 109 cm³/mol. The molecule has 0 aliphatic carbocycles. The van der Waals surface area contributed by atoms with Gasteiger partial charge in [-0.1, -0.05) is 30.3 Å². The Morgan fingerprint density at radius 2 is 2.21 bits per heavy atom. The van der Waals surface area contributed by atoms with E-state index in [2.05, 4.69) is 20.7 Å². The Hall–Kier alpha value is -2.97. The van der Waals surface area contributed by atoms with Gasteiger partial charge in [-0.3, -0.25) is 10.00 Å². The molecule has 4 rings (SSSR count). The Kier molecular flexibility index (Phi) is 5.73. The molecule has 2 aromatic heterocycles. The maximum absolute atomic E-state index is 12.4. The number of nitrogens with one attached hydrogen (secondary N) is 2. The summed E-state index contributed by atoms with van der Waals surface area (Å²) in [5, 5.41) is 20.8. The molecular weight excluding hydrogens is 370 g/mol. The topological polar surface area (TPSA) is 101 Å². The summed E-state index contributed by atoms with van der Waals surface area (Å²) in [5.41, 5.74) is 2.30. The third-order valence-electron chi connectivity index (χ3n) is 5.18. The van der Waals surface area contributed by atoms with E-state index in [-0.39, 0.29) is 18.7 Å². The van der Waals surface area contributed by atoms with E-state index in [1.54, 1.807) is 12.3 Å². The highest BCUT2D eigenvalue weighted by Gasteiger charge is 2.20. The fraction of sp³-hybridized carbons (Fsp3) is 0.381. The smallest absolute Gasteiger partial charge is 0.320 e. The molecule has 0 bridgehead atoms. The number of rotatable bonds is 6. The first kappa shape index (κ1) is 19.4. The van der Waals surface area contributed by atoms with Crippen molar-refractivity contribution in [3.63, 3.8) is 0 Å². The second kappa shape index (κ2) is 8.59. The summed E-state index contributed by atoms with van der Waals surface area (Å²) in [6.45, 7) is 3.91. The summed E-state index contributed by atoms with van der Waals surface area (Å²) >= 11 is 0. The number of hydrogen-bond donors (Lipinski definition) is 3. The van der Waals surface area contributed by atoms with Crippen molar-refractivity contribution in [2.75, 3.05) is 18.5 Å². The number of aliphatic hydroxyl groups is 1. The lowest BCUT2D eigenvalue weighted by Crippen LogP contribution is -2.31. The number of fused-ring (bicyclic) bond motifs is 1. The Balaban J connectivity index is 1.50. The van der Waals surface area contributed by atoms with Crippen molar-refractivity contribution in [2.45, 2.75) is 32.5 Å². The maximum Gasteiger partial charge on any atom is 0.320 e. The minimum Gasteiger partial charge on any atom is -0.390 e. The summed E-state index contributed by atoms with van der Waals surface area (Å²) in [6.07, 6.45) is 2.74. The van der Waals surface area contributed by atoms with Crippen LogP contribution in [-0.4, -0.2) is 39.1 Å². The first-order chi connectivity index (χ1) is 14.1. The first-order valence-electron chi connectivity index (χ1n) is 9.80. The number of aromatic nitrogens is 3. The second-order valence-electron chi connectivity index (χ2n) is 7.34. The Bertz CT molecular complexity index is 983. The van der Waals surface area contributed by atoms with E-state index in [4.69, 9.17) is 4.74 Å². The Morgan fingerprint density at radius 1 is 1.38 bits per heavy atom. The number of aliphatic hydroxyl groups excluding tert-OH is 1. The highest BCUT2D eigenvalue weighted by atomic mass is 16.5. The molecule has 1 aliphatic rings. The lowest BCUT2D eigenvalue weighted by molar-refractivity contribution is 0.182. The summed E-state index contributed by atoms with van der Waals surface area (Å²) in [7, 11) is 0. The van der Waals surface area contributed by atoms with Crippen LogP contribution in [0.2, 0.25) is 0 Å². The minimum atomic E-state index is -0.354. The van der Waals surface area contributed by atoms with Crippen LogP contribution in [0.5, 0.6) is 0 Å².